The number of hydrogen-bond acceptors (Lipinski definition) is 0. The zero-order valence-corrected chi connectivity index (χ0v) is 8.92. The first-order chi connectivity index (χ1) is 5.22. The second-order valence-electron chi connectivity index (χ2n) is 2.68. The molecule has 0 aliphatic carbocycles. The quantitative estimate of drug-likeness (QED) is 0.671. The molecular formula is C10H11I. The first-order valence-electron chi connectivity index (χ1n) is 3.60. The molecule has 1 aromatic carbocycles. The van der Waals surface area contributed by atoms with Gasteiger partial charge < -0.3 is 0 Å². The van der Waals surface area contributed by atoms with Crippen LogP contribution in [0.5, 0.6) is 0 Å². The standard InChI is InChI=1S/C10H11I/c1-8(2)10(11)9-6-4-3-5-7-9/h3-7H,1-2H3. The van der Waals surface area contributed by atoms with E-state index in [1.807, 2.05) is 6.07 Å². The summed E-state index contributed by atoms with van der Waals surface area (Å²) in [5.74, 6) is 0. The molecule has 0 bridgehead atoms. The van der Waals surface area contributed by atoms with E-state index < -0.39 is 0 Å². The average molecular weight is 258 g/mol. The minimum atomic E-state index is 1.31. The zero-order chi connectivity index (χ0) is 8.27. The van der Waals surface area contributed by atoms with E-state index in [1.165, 1.54) is 14.7 Å². The van der Waals surface area contributed by atoms with E-state index in [-0.39, 0.29) is 0 Å². The zero-order valence-electron chi connectivity index (χ0n) is 6.76. The van der Waals surface area contributed by atoms with Crippen LogP contribution in [-0.2, 0) is 0 Å². The number of allylic oxidation sites excluding steroid dienone is 1. The Morgan fingerprint density at radius 1 is 1.09 bits per heavy atom. The first kappa shape index (κ1) is 8.78. The van der Waals surface area contributed by atoms with Crippen molar-refractivity contribution in [1.82, 2.24) is 0 Å². The van der Waals surface area contributed by atoms with Crippen LogP contribution in [0.1, 0.15) is 19.4 Å². The van der Waals surface area contributed by atoms with Gasteiger partial charge in [-0.2, -0.15) is 0 Å². The van der Waals surface area contributed by atoms with Crippen LogP contribution < -0.4 is 0 Å². The average Bonchev–Trinajstić information content (AvgIpc) is 2.05. The second kappa shape index (κ2) is 3.90. The fourth-order valence-corrected chi connectivity index (χ4v) is 1.23. The predicted molar refractivity (Wildman–Crippen MR) is 58.7 cm³/mol. The Hall–Kier alpha value is -0.310. The predicted octanol–water partition coefficient (Wildman–Crippen LogP) is 3.87. The summed E-state index contributed by atoms with van der Waals surface area (Å²) >= 11 is 2.38. The SMILES string of the molecule is CC(C)=C(I)c1ccccc1. The molecule has 0 saturated heterocycles. The molecule has 0 saturated carbocycles. The fraction of sp³-hybridized carbons (Fsp3) is 0.200. The van der Waals surface area contributed by atoms with Gasteiger partial charge in [0.05, 0.1) is 0 Å². The Bertz CT molecular complexity index is 255. The maximum Gasteiger partial charge on any atom is 0.0189 e. The van der Waals surface area contributed by atoms with Crippen molar-refractivity contribution in [3.05, 3.63) is 41.5 Å². The van der Waals surface area contributed by atoms with Crippen LogP contribution in [0.4, 0.5) is 0 Å². The topological polar surface area (TPSA) is 0 Å². The Balaban J connectivity index is 3.04. The molecule has 0 radical (unpaired) electrons. The Labute approximate surface area is 81.5 Å². The smallest absolute Gasteiger partial charge is 0.0189 e. The van der Waals surface area contributed by atoms with Gasteiger partial charge in [0.2, 0.25) is 0 Å². The lowest BCUT2D eigenvalue weighted by Crippen LogP contribution is -1.76. The molecule has 0 aliphatic heterocycles. The largest absolute Gasteiger partial charge is 0.0625 e. The minimum absolute atomic E-state index is 1.31. The normalized spacial score (nSPS) is 9.36. The summed E-state index contributed by atoms with van der Waals surface area (Å²) in [7, 11) is 0. The molecule has 0 spiro atoms. The lowest BCUT2D eigenvalue weighted by atomic mass is 10.2. The van der Waals surface area contributed by atoms with E-state index in [0.717, 1.165) is 0 Å². The summed E-state index contributed by atoms with van der Waals surface area (Å²) in [6, 6.07) is 10.4. The minimum Gasteiger partial charge on any atom is -0.0625 e. The molecule has 0 unspecified atom stereocenters. The molecule has 0 heterocycles. The van der Waals surface area contributed by atoms with Gasteiger partial charge in [0.1, 0.15) is 0 Å². The van der Waals surface area contributed by atoms with Crippen LogP contribution in [0.3, 0.4) is 0 Å². The van der Waals surface area contributed by atoms with Gasteiger partial charge in [0.15, 0.2) is 0 Å². The molecule has 0 atom stereocenters. The monoisotopic (exact) mass is 258 g/mol. The number of rotatable bonds is 1. The van der Waals surface area contributed by atoms with E-state index in [2.05, 4.69) is 60.7 Å². The third-order valence-corrected chi connectivity index (χ3v) is 3.17. The molecule has 1 rings (SSSR count). The molecule has 0 N–H and O–H groups in total. The number of hydrogen-bond donors (Lipinski definition) is 0. The highest BCUT2D eigenvalue weighted by molar-refractivity contribution is 14.1. The van der Waals surface area contributed by atoms with Crippen LogP contribution in [0.25, 0.3) is 3.58 Å². The second-order valence-corrected chi connectivity index (χ2v) is 3.76. The van der Waals surface area contributed by atoms with Gasteiger partial charge in [-0.3, -0.25) is 0 Å². The van der Waals surface area contributed by atoms with Crippen molar-refractivity contribution in [3.63, 3.8) is 0 Å². The van der Waals surface area contributed by atoms with Crippen molar-refractivity contribution in [2.75, 3.05) is 0 Å². The number of halogens is 1. The molecule has 0 aromatic heterocycles. The maximum atomic E-state index is 2.38. The highest BCUT2D eigenvalue weighted by atomic mass is 127. The van der Waals surface area contributed by atoms with Crippen LogP contribution >= 0.6 is 22.6 Å². The molecule has 11 heavy (non-hydrogen) atoms. The lowest BCUT2D eigenvalue weighted by molar-refractivity contribution is 1.42. The molecule has 0 aliphatic rings. The van der Waals surface area contributed by atoms with Gasteiger partial charge >= 0.3 is 0 Å². The molecule has 0 amide bonds. The summed E-state index contributed by atoms with van der Waals surface area (Å²) in [4.78, 5) is 0. The summed E-state index contributed by atoms with van der Waals surface area (Å²) in [5.41, 5.74) is 2.69. The van der Waals surface area contributed by atoms with E-state index in [1.54, 1.807) is 0 Å². The van der Waals surface area contributed by atoms with Crippen LogP contribution in [0, 0.1) is 0 Å². The summed E-state index contributed by atoms with van der Waals surface area (Å²) in [6.07, 6.45) is 0. The van der Waals surface area contributed by atoms with E-state index in [4.69, 9.17) is 0 Å². The summed E-state index contributed by atoms with van der Waals surface area (Å²) in [6.45, 7) is 4.27. The Kier molecular flexibility index (Phi) is 3.12. The molecular weight excluding hydrogens is 247 g/mol. The van der Waals surface area contributed by atoms with Crippen molar-refractivity contribution >= 4 is 26.2 Å². The molecule has 58 valence electrons. The molecule has 0 nitrogen and oxygen atoms in total. The first-order valence-corrected chi connectivity index (χ1v) is 4.68. The molecule has 1 heteroatoms. The van der Waals surface area contributed by atoms with Gasteiger partial charge in [-0.1, -0.05) is 35.9 Å². The van der Waals surface area contributed by atoms with Gasteiger partial charge in [-0.25, -0.2) is 0 Å². The highest BCUT2D eigenvalue weighted by Gasteiger charge is 1.95. The van der Waals surface area contributed by atoms with Crippen LogP contribution in [0.15, 0.2) is 35.9 Å². The van der Waals surface area contributed by atoms with Crippen molar-refractivity contribution in [1.29, 1.82) is 0 Å². The van der Waals surface area contributed by atoms with Gasteiger partial charge in [0.25, 0.3) is 0 Å². The highest BCUT2D eigenvalue weighted by Crippen LogP contribution is 2.24. The van der Waals surface area contributed by atoms with E-state index in [9.17, 15) is 0 Å². The van der Waals surface area contributed by atoms with Gasteiger partial charge in [-0.15, -0.1) is 0 Å². The molecule has 1 aromatic rings. The van der Waals surface area contributed by atoms with Gasteiger partial charge in [-0.05, 0) is 42.0 Å². The van der Waals surface area contributed by atoms with Crippen LogP contribution in [-0.4, -0.2) is 0 Å². The molecule has 0 fully saturated rings. The third kappa shape index (κ3) is 2.33. The van der Waals surface area contributed by atoms with Crippen LogP contribution in [0.2, 0.25) is 0 Å². The summed E-state index contributed by atoms with van der Waals surface area (Å²) in [5, 5.41) is 0. The fourth-order valence-electron chi connectivity index (χ4n) is 0.873. The maximum absolute atomic E-state index is 2.38. The van der Waals surface area contributed by atoms with E-state index >= 15 is 0 Å². The van der Waals surface area contributed by atoms with E-state index in [0.29, 0.717) is 0 Å². The Morgan fingerprint density at radius 3 is 2.09 bits per heavy atom. The summed E-state index contributed by atoms with van der Waals surface area (Å²) < 4.78 is 1.35. The van der Waals surface area contributed by atoms with Crippen molar-refractivity contribution in [3.8, 4) is 0 Å². The van der Waals surface area contributed by atoms with Crippen molar-refractivity contribution in [2.45, 2.75) is 13.8 Å². The lowest BCUT2D eigenvalue weighted by Gasteiger charge is -2.00. The van der Waals surface area contributed by atoms with Crippen molar-refractivity contribution < 1.29 is 0 Å². The van der Waals surface area contributed by atoms with Crippen molar-refractivity contribution in [2.24, 2.45) is 0 Å². The Morgan fingerprint density at radius 2 is 1.64 bits per heavy atom. The van der Waals surface area contributed by atoms with Gasteiger partial charge in [0, 0.05) is 3.58 Å². The third-order valence-electron chi connectivity index (χ3n) is 1.47. The number of benzene rings is 1.